The maximum atomic E-state index is 13.5. The van der Waals surface area contributed by atoms with Gasteiger partial charge in [-0.15, -0.1) is 0 Å². The predicted octanol–water partition coefficient (Wildman–Crippen LogP) is -2.54. The van der Waals surface area contributed by atoms with Gasteiger partial charge in [0, 0.05) is 6.20 Å². The van der Waals surface area contributed by atoms with Crippen LogP contribution in [-0.4, -0.2) is 200 Å². The quantitative estimate of drug-likeness (QED) is 0.0737. The second kappa shape index (κ2) is 18.9. The molecule has 12 N–H and O–H groups in total. The fourth-order valence-corrected chi connectivity index (χ4v) is 8.36. The van der Waals surface area contributed by atoms with Crippen LogP contribution in [0, 0.1) is 13.8 Å². The number of aliphatic hydroxyl groups excluding tert-OH is 6. The molecular formula is C40H56F3N11O14. The van der Waals surface area contributed by atoms with Gasteiger partial charge in [0.15, 0.2) is 57.8 Å². The normalized spacial score (nSPS) is 35.6. The van der Waals surface area contributed by atoms with Crippen LogP contribution in [0.1, 0.15) is 51.8 Å². The smallest absolute Gasteiger partial charge is 0.279 e. The number of H-pyrrole nitrogens is 1. The molecule has 0 radical (unpaired) electrons. The summed E-state index contributed by atoms with van der Waals surface area (Å²) < 4.78 is 64.5. The zero-order valence-electron chi connectivity index (χ0n) is 37.7. The van der Waals surface area contributed by atoms with Crippen LogP contribution >= 0.6 is 0 Å². The molecule has 4 aliphatic heterocycles. The van der Waals surface area contributed by atoms with E-state index in [9.17, 15) is 63.9 Å². The highest BCUT2D eigenvalue weighted by Gasteiger charge is 2.64. The predicted molar refractivity (Wildman–Crippen MR) is 228 cm³/mol. The lowest BCUT2D eigenvalue weighted by Gasteiger charge is -2.35. The van der Waals surface area contributed by atoms with Gasteiger partial charge in [0.2, 0.25) is 5.88 Å². The summed E-state index contributed by atoms with van der Waals surface area (Å²) in [6, 6.07) is 0. The molecule has 0 aromatic carbocycles. The van der Waals surface area contributed by atoms with Crippen LogP contribution in [0.15, 0.2) is 47.1 Å². The van der Waals surface area contributed by atoms with Gasteiger partial charge in [0.25, 0.3) is 5.56 Å². The molecule has 0 amide bonds. The van der Waals surface area contributed by atoms with Crippen molar-refractivity contribution in [3.63, 3.8) is 0 Å². The van der Waals surface area contributed by atoms with Gasteiger partial charge >= 0.3 is 0 Å². The number of aliphatic imine (C=N–C) groups is 1. The van der Waals surface area contributed by atoms with Crippen molar-refractivity contribution in [2.24, 2.45) is 10.7 Å². The number of rotatable bonds is 11. The van der Waals surface area contributed by atoms with Gasteiger partial charge in [-0.1, -0.05) is 6.58 Å². The van der Waals surface area contributed by atoms with Gasteiger partial charge in [-0.3, -0.25) is 13.9 Å². The zero-order chi connectivity index (χ0) is 50.5. The van der Waals surface area contributed by atoms with Crippen molar-refractivity contribution >= 4 is 28.2 Å². The Morgan fingerprint density at radius 2 is 1.21 bits per heavy atom. The van der Waals surface area contributed by atoms with Crippen molar-refractivity contribution in [3.05, 3.63) is 59.3 Å². The number of aromatic amines is 1. The first-order valence-corrected chi connectivity index (χ1v) is 20.9. The summed E-state index contributed by atoms with van der Waals surface area (Å²) in [5, 5.41) is 90.6. The van der Waals surface area contributed by atoms with Crippen LogP contribution < -0.4 is 16.0 Å². The third-order valence-electron chi connectivity index (χ3n) is 12.2. The largest absolute Gasteiger partial charge is 0.476 e. The van der Waals surface area contributed by atoms with E-state index in [1.54, 1.807) is 20.8 Å². The van der Waals surface area contributed by atoms with Crippen LogP contribution in [0.2, 0.25) is 0 Å². The van der Waals surface area contributed by atoms with Crippen LogP contribution in [0.25, 0.3) is 22.3 Å². The number of nitrogens with one attached hydrogen (secondary N) is 1. The van der Waals surface area contributed by atoms with Crippen molar-refractivity contribution < 1.29 is 78.1 Å². The highest BCUT2D eigenvalue weighted by Crippen LogP contribution is 2.47. The Kier molecular flexibility index (Phi) is 14.5. The third kappa shape index (κ3) is 8.50. The van der Waals surface area contributed by atoms with E-state index in [2.05, 4.69) is 41.5 Å². The first-order valence-electron chi connectivity index (χ1n) is 20.9. The lowest BCUT2D eigenvalue weighted by Crippen LogP contribution is -2.54. The van der Waals surface area contributed by atoms with Crippen molar-refractivity contribution in [2.45, 2.75) is 112 Å². The Morgan fingerprint density at radius 1 is 0.765 bits per heavy atom. The minimum absolute atomic E-state index is 0.0197. The fraction of sp³-hybridized carbons (Fsp3) is 0.625. The number of fused-ring (bicyclic) bond motifs is 2. The summed E-state index contributed by atoms with van der Waals surface area (Å²) in [6.45, 7) is 7.03. The van der Waals surface area contributed by atoms with E-state index >= 15 is 0 Å². The van der Waals surface area contributed by atoms with E-state index in [1.807, 2.05) is 0 Å². The SMILES string of the molecule is C=C1N=C(N)C=CN1[C@@H]1O[C@@](CO)(CF)[C@@H](O)[C@@]1(C)O.CCOc1nc(C)nc2c1ncn2[C@@H]1O[C@@](CO)(CF)[C@@H](O)[C@@]1(C)O.Cc1nc2c(ncn2[C@@H]2O[C@@](CO)(CF)[C@@H](O)[C@@]2(C)O)c(=O)[nH]1. The Bertz CT molecular complexity index is 2590. The summed E-state index contributed by atoms with van der Waals surface area (Å²) in [4.78, 5) is 40.3. The minimum atomic E-state index is -1.96. The zero-order valence-corrected chi connectivity index (χ0v) is 37.7. The molecule has 28 heteroatoms. The second-order valence-corrected chi connectivity index (χ2v) is 17.3. The van der Waals surface area contributed by atoms with Gasteiger partial charge in [0.05, 0.1) is 39.1 Å². The standard InChI is InChI=1S/C15H21FN4O5.C13H17FN4O5.C12H18FN3O4/c1-4-24-11-9-10(18-8(2)19-11)20(7-17-9)13-14(3,23)12(22)15(5-16,6-21)25-13;1-6-16-8-7(9(20)17-6)15-5-18(8)11-12(2,22)10(21)13(3-14,4-19)23-11;1-7-15-8(14)3-4-16(7)10-11(2,19)9(18)12(5-13,6-17)20-10/h7,12-13,21-23H,4-6H2,1-3H3;5,10-11,19,21-22H,3-4H2,1-2H3,(H,16,17,20);3-4,9-10,17-19H,1,5-6H2,2H3,(H2,14,15)/t12-,13+,14+,15+;10-,11+,12+,13+;9-,10+,11+,12+/m000/s1. The molecule has 376 valence electrons. The Labute approximate surface area is 384 Å². The fourth-order valence-electron chi connectivity index (χ4n) is 8.36. The van der Waals surface area contributed by atoms with E-state index in [0.29, 0.717) is 29.4 Å². The van der Waals surface area contributed by atoms with Crippen molar-refractivity contribution in [1.82, 2.24) is 43.9 Å². The monoisotopic (exact) mass is 971 g/mol. The van der Waals surface area contributed by atoms with Crippen LogP contribution in [0.3, 0.4) is 0 Å². The molecule has 4 aromatic rings. The van der Waals surface area contributed by atoms with Gasteiger partial charge in [-0.25, -0.2) is 38.1 Å². The number of nitrogens with two attached hydrogens (primary N) is 1. The van der Waals surface area contributed by atoms with Crippen molar-refractivity contribution in [3.8, 4) is 5.88 Å². The Balaban J connectivity index is 0.000000169. The summed E-state index contributed by atoms with van der Waals surface area (Å²) in [5.41, 5.74) is -5.56. The molecule has 12 atom stereocenters. The number of aryl methyl sites for hydroxylation is 2. The van der Waals surface area contributed by atoms with Gasteiger partial charge in [-0.2, -0.15) is 4.98 Å². The second-order valence-electron chi connectivity index (χ2n) is 17.3. The van der Waals surface area contributed by atoms with Gasteiger partial charge in [-0.05, 0) is 47.6 Å². The Morgan fingerprint density at radius 3 is 1.63 bits per heavy atom. The number of ether oxygens (including phenoxy) is 4. The number of alkyl halides is 3. The molecule has 0 unspecified atom stereocenters. The van der Waals surface area contributed by atoms with Gasteiger partial charge in [0.1, 0.15) is 78.4 Å². The molecule has 4 aliphatic rings. The van der Waals surface area contributed by atoms with E-state index in [-0.39, 0.29) is 28.7 Å². The molecule has 68 heavy (non-hydrogen) atoms. The molecule has 4 aromatic heterocycles. The highest BCUT2D eigenvalue weighted by molar-refractivity contribution is 5.92. The van der Waals surface area contributed by atoms with Crippen molar-refractivity contribution in [2.75, 3.05) is 46.5 Å². The number of halogens is 3. The summed E-state index contributed by atoms with van der Waals surface area (Å²) in [6.07, 6.45) is -3.11. The summed E-state index contributed by atoms with van der Waals surface area (Å²) in [5.74, 6) is 1.41. The third-order valence-corrected chi connectivity index (χ3v) is 12.2. The molecule has 3 fully saturated rings. The van der Waals surface area contributed by atoms with Crippen molar-refractivity contribution in [1.29, 1.82) is 0 Å². The van der Waals surface area contributed by atoms with Gasteiger partial charge < -0.3 is 80.5 Å². The number of aliphatic hydroxyl groups is 9. The number of aromatic nitrogens is 8. The lowest BCUT2D eigenvalue weighted by molar-refractivity contribution is -0.146. The van der Waals surface area contributed by atoms with E-state index in [1.165, 1.54) is 59.7 Å². The molecule has 8 heterocycles. The topological polar surface area (TPSA) is 368 Å². The molecular weight excluding hydrogens is 915 g/mol. The molecule has 3 saturated heterocycles. The minimum Gasteiger partial charge on any atom is -0.476 e. The molecule has 0 spiro atoms. The van der Waals surface area contributed by atoms with E-state index < -0.39 is 116 Å². The number of nitrogens with zero attached hydrogens (tertiary/aromatic N) is 9. The van der Waals surface area contributed by atoms with Crippen LogP contribution in [0.5, 0.6) is 5.88 Å². The maximum Gasteiger partial charge on any atom is 0.279 e. The molecule has 0 saturated carbocycles. The Hall–Kier alpha value is -5.24. The molecule has 0 aliphatic carbocycles. The van der Waals surface area contributed by atoms with Crippen LogP contribution in [-0.2, 0) is 14.2 Å². The number of imidazole rings is 2. The van der Waals surface area contributed by atoms with E-state index in [0.717, 1.165) is 0 Å². The lowest BCUT2D eigenvalue weighted by atomic mass is 9.88. The average molecular weight is 972 g/mol. The van der Waals surface area contributed by atoms with Crippen LogP contribution in [0.4, 0.5) is 13.2 Å². The van der Waals surface area contributed by atoms with E-state index in [4.69, 9.17) is 24.7 Å². The number of hydrogen-bond acceptors (Lipinski definition) is 22. The average Bonchev–Trinajstić information content (AvgIpc) is 4.05. The molecule has 0 bridgehead atoms. The number of hydrogen-bond donors (Lipinski definition) is 11. The number of amidine groups is 1. The maximum absolute atomic E-state index is 13.5. The molecule has 8 rings (SSSR count). The first kappa shape index (κ1) is 52.1. The summed E-state index contributed by atoms with van der Waals surface area (Å²) in [7, 11) is 0. The molecule has 25 nitrogen and oxygen atoms in total. The first-order chi connectivity index (χ1) is 31.8. The summed E-state index contributed by atoms with van der Waals surface area (Å²) >= 11 is 0. The highest BCUT2D eigenvalue weighted by atomic mass is 19.1.